The molecule has 4 N–H and O–H groups in total. The number of anilines is 1. The summed E-state index contributed by atoms with van der Waals surface area (Å²) in [5.74, 6) is -9.73. The van der Waals surface area contributed by atoms with E-state index in [0.29, 0.717) is 16.8 Å². The van der Waals surface area contributed by atoms with E-state index in [1.165, 1.54) is 0 Å². The summed E-state index contributed by atoms with van der Waals surface area (Å²) in [5.41, 5.74) is 7.88. The fourth-order valence-electron chi connectivity index (χ4n) is 5.28. The first kappa shape index (κ1) is 30.4. The van der Waals surface area contributed by atoms with Crippen LogP contribution in [0.25, 0.3) is 0 Å². The Hall–Kier alpha value is -3.54. The molecule has 41 heavy (non-hydrogen) atoms. The van der Waals surface area contributed by atoms with Crippen molar-refractivity contribution in [3.63, 3.8) is 0 Å². The molecular weight excluding hydrogens is 571 g/mol. The number of nitrogens with one attached hydrogen (secondary N) is 2. The molecule has 1 fully saturated rings. The second kappa shape index (κ2) is 11.8. The van der Waals surface area contributed by atoms with Crippen molar-refractivity contribution >= 4 is 40.7 Å². The molecule has 4 rings (SSSR count). The number of nitrogens with two attached hydrogens (primary N) is 1. The molecule has 3 atom stereocenters. The van der Waals surface area contributed by atoms with Crippen LogP contribution in [0.4, 0.5) is 27.6 Å². The van der Waals surface area contributed by atoms with Crippen molar-refractivity contribution in [2.45, 2.75) is 57.3 Å². The van der Waals surface area contributed by atoms with E-state index in [1.807, 2.05) is 13.0 Å². The van der Waals surface area contributed by atoms with Crippen LogP contribution in [0.5, 0.6) is 0 Å². The summed E-state index contributed by atoms with van der Waals surface area (Å²) >= 11 is 6.36. The van der Waals surface area contributed by atoms with E-state index >= 15 is 0 Å². The predicted molar refractivity (Wildman–Crippen MR) is 143 cm³/mol. The predicted octanol–water partition coefficient (Wildman–Crippen LogP) is 5.38. The Morgan fingerprint density at radius 3 is 2.46 bits per heavy atom. The molecule has 2 aliphatic rings. The van der Waals surface area contributed by atoms with Crippen molar-refractivity contribution in [1.29, 1.82) is 0 Å². The maximum absolute atomic E-state index is 13.6. The molecule has 7 nitrogen and oxygen atoms in total. The van der Waals surface area contributed by atoms with E-state index in [4.69, 9.17) is 17.3 Å². The standard InChI is InChI=1S/C28H28ClF5N4O3/c1-14-4-2-5-16(10-14)21-18-6-3-7-20(29)22(18)37-26(41)24(36-21)38-25(40)19(11-15-12-27(30,31)13-15)17(23(35)39)8-9-28(32,33)34/h2-7,10,15,17,19,24H,8-9,11-13H2,1H3,(H2,35,39)(H,37,41)(H,38,40)/t17-,19+,24-/m1/s1. The van der Waals surface area contributed by atoms with E-state index in [9.17, 15) is 36.3 Å². The average Bonchev–Trinajstić information content (AvgIpc) is 2.98. The summed E-state index contributed by atoms with van der Waals surface area (Å²) < 4.78 is 66.1. The molecular formula is C28H28ClF5N4O3. The van der Waals surface area contributed by atoms with Crippen molar-refractivity contribution < 1.29 is 36.3 Å². The van der Waals surface area contributed by atoms with Gasteiger partial charge in [-0.05, 0) is 37.8 Å². The first-order chi connectivity index (χ1) is 19.1. The number of carbonyl (C=O) groups is 3. The van der Waals surface area contributed by atoms with Gasteiger partial charge in [0.05, 0.1) is 16.4 Å². The number of alkyl halides is 5. The fraction of sp³-hybridized carbons (Fsp3) is 0.429. The zero-order chi connectivity index (χ0) is 30.1. The van der Waals surface area contributed by atoms with Crippen LogP contribution >= 0.6 is 11.6 Å². The highest BCUT2D eigenvalue weighted by molar-refractivity contribution is 6.36. The van der Waals surface area contributed by atoms with Crippen LogP contribution in [0.15, 0.2) is 47.5 Å². The molecule has 1 aliphatic heterocycles. The van der Waals surface area contributed by atoms with Crippen LogP contribution in [0.2, 0.25) is 5.02 Å². The Bertz CT molecular complexity index is 1370. The third-order valence-corrected chi connectivity index (χ3v) is 7.60. The molecule has 1 saturated carbocycles. The average molecular weight is 599 g/mol. The first-order valence-electron chi connectivity index (χ1n) is 12.9. The van der Waals surface area contributed by atoms with Crippen molar-refractivity contribution in [2.75, 3.05) is 5.32 Å². The topological polar surface area (TPSA) is 114 Å². The number of benzodiazepines with no additional fused rings is 1. The maximum atomic E-state index is 13.6. The Morgan fingerprint density at radius 1 is 1.17 bits per heavy atom. The molecule has 0 aromatic heterocycles. The molecule has 2 aromatic rings. The summed E-state index contributed by atoms with van der Waals surface area (Å²) in [4.78, 5) is 43.5. The molecule has 0 radical (unpaired) electrons. The van der Waals surface area contributed by atoms with Gasteiger partial charge in [0.2, 0.25) is 23.9 Å². The molecule has 13 heteroatoms. The Kier molecular flexibility index (Phi) is 8.72. The third kappa shape index (κ3) is 7.41. The first-order valence-corrected chi connectivity index (χ1v) is 13.3. The van der Waals surface area contributed by atoms with E-state index in [-0.39, 0.29) is 17.1 Å². The molecule has 2 aromatic carbocycles. The summed E-state index contributed by atoms with van der Waals surface area (Å²) in [6, 6.07) is 12.0. The van der Waals surface area contributed by atoms with E-state index in [1.54, 1.807) is 36.4 Å². The highest BCUT2D eigenvalue weighted by atomic mass is 35.5. The minimum atomic E-state index is -4.64. The summed E-state index contributed by atoms with van der Waals surface area (Å²) in [6.07, 6.45) is -9.89. The highest BCUT2D eigenvalue weighted by Gasteiger charge is 2.48. The number of carbonyl (C=O) groups excluding carboxylic acids is 3. The van der Waals surface area contributed by atoms with Crippen LogP contribution in [0.1, 0.15) is 48.8 Å². The van der Waals surface area contributed by atoms with Crippen molar-refractivity contribution in [3.05, 3.63) is 64.2 Å². The number of nitrogens with zero attached hydrogens (tertiary/aromatic N) is 1. The molecule has 1 heterocycles. The number of amides is 3. The molecule has 0 unspecified atom stereocenters. The second-order valence-corrected chi connectivity index (χ2v) is 11.0. The largest absolute Gasteiger partial charge is 0.389 e. The van der Waals surface area contributed by atoms with Crippen LogP contribution in [-0.4, -0.2) is 41.7 Å². The number of aliphatic imine (C=N–C) groups is 1. The third-order valence-electron chi connectivity index (χ3n) is 7.28. The van der Waals surface area contributed by atoms with Gasteiger partial charge in [-0.15, -0.1) is 0 Å². The van der Waals surface area contributed by atoms with Crippen molar-refractivity contribution in [1.82, 2.24) is 5.32 Å². The van der Waals surface area contributed by atoms with Gasteiger partial charge in [-0.25, -0.2) is 13.8 Å². The van der Waals surface area contributed by atoms with Gasteiger partial charge in [0, 0.05) is 42.2 Å². The lowest BCUT2D eigenvalue weighted by molar-refractivity contribution is -0.149. The summed E-state index contributed by atoms with van der Waals surface area (Å²) in [5, 5.41) is 5.26. The van der Waals surface area contributed by atoms with Crippen LogP contribution in [0, 0.1) is 24.7 Å². The van der Waals surface area contributed by atoms with Gasteiger partial charge < -0.3 is 16.4 Å². The monoisotopic (exact) mass is 598 g/mol. The molecule has 220 valence electrons. The molecule has 0 saturated heterocycles. The van der Waals surface area contributed by atoms with Gasteiger partial charge >= 0.3 is 6.18 Å². The van der Waals surface area contributed by atoms with E-state index in [0.717, 1.165) is 5.56 Å². The SMILES string of the molecule is Cc1cccc(C2=N[C@H](NC(=O)[C@@H](CC3CC(F)(F)C3)[C@@H](CCC(F)(F)F)C(N)=O)C(=O)Nc3c(Cl)cccc32)c1. The lowest BCUT2D eigenvalue weighted by Crippen LogP contribution is -2.49. The minimum Gasteiger partial charge on any atom is -0.369 e. The summed E-state index contributed by atoms with van der Waals surface area (Å²) in [7, 11) is 0. The molecule has 0 spiro atoms. The van der Waals surface area contributed by atoms with Gasteiger partial charge in [0.15, 0.2) is 0 Å². The number of halogens is 6. The Labute approximate surface area is 237 Å². The number of primary amides is 1. The number of para-hydroxylation sites is 1. The van der Waals surface area contributed by atoms with Crippen molar-refractivity contribution in [2.24, 2.45) is 28.5 Å². The fourth-order valence-corrected chi connectivity index (χ4v) is 5.51. The summed E-state index contributed by atoms with van der Waals surface area (Å²) in [6.45, 7) is 1.85. The van der Waals surface area contributed by atoms with Gasteiger partial charge in [0.25, 0.3) is 5.91 Å². The number of aryl methyl sites for hydroxylation is 1. The molecule has 0 bridgehead atoms. The molecule has 3 amide bonds. The quantitative estimate of drug-likeness (QED) is 0.337. The lowest BCUT2D eigenvalue weighted by atomic mass is 9.72. The second-order valence-electron chi connectivity index (χ2n) is 10.5. The van der Waals surface area contributed by atoms with E-state index < -0.39 is 79.4 Å². The van der Waals surface area contributed by atoms with Gasteiger partial charge in [0.1, 0.15) is 0 Å². The number of fused-ring (bicyclic) bond motifs is 1. The van der Waals surface area contributed by atoms with E-state index in [2.05, 4.69) is 15.6 Å². The van der Waals surface area contributed by atoms with Gasteiger partial charge in [-0.2, -0.15) is 13.2 Å². The number of benzene rings is 2. The number of hydrogen-bond acceptors (Lipinski definition) is 4. The van der Waals surface area contributed by atoms with Crippen LogP contribution < -0.4 is 16.4 Å². The van der Waals surface area contributed by atoms with Crippen molar-refractivity contribution in [3.8, 4) is 0 Å². The van der Waals surface area contributed by atoms with Crippen LogP contribution in [-0.2, 0) is 14.4 Å². The normalized spacial score (nSPS) is 20.0. The molecule has 1 aliphatic carbocycles. The number of hydrogen-bond donors (Lipinski definition) is 3. The Morgan fingerprint density at radius 2 is 1.85 bits per heavy atom. The van der Waals surface area contributed by atoms with Gasteiger partial charge in [-0.1, -0.05) is 47.5 Å². The highest BCUT2D eigenvalue weighted by Crippen LogP contribution is 2.46. The lowest BCUT2D eigenvalue weighted by Gasteiger charge is -2.38. The zero-order valence-corrected chi connectivity index (χ0v) is 22.7. The minimum absolute atomic E-state index is 0.202. The van der Waals surface area contributed by atoms with Crippen LogP contribution in [0.3, 0.4) is 0 Å². The number of rotatable bonds is 9. The smallest absolute Gasteiger partial charge is 0.369 e. The van der Waals surface area contributed by atoms with Gasteiger partial charge in [-0.3, -0.25) is 14.4 Å². The Balaban J connectivity index is 1.69. The zero-order valence-electron chi connectivity index (χ0n) is 21.9. The maximum Gasteiger partial charge on any atom is 0.389 e.